The predicted molar refractivity (Wildman–Crippen MR) is 129 cm³/mol. The monoisotopic (exact) mass is 495 g/mol. The molecule has 194 valence electrons. The van der Waals surface area contributed by atoms with Gasteiger partial charge in [0.25, 0.3) is 6.43 Å². The second-order valence-electron chi connectivity index (χ2n) is 8.12. The Bertz CT molecular complexity index is 915. The van der Waals surface area contributed by atoms with E-state index >= 15 is 0 Å². The van der Waals surface area contributed by atoms with Crippen molar-refractivity contribution in [3.63, 3.8) is 0 Å². The van der Waals surface area contributed by atoms with Crippen LogP contribution in [0.15, 0.2) is 34.8 Å². The van der Waals surface area contributed by atoms with Crippen molar-refractivity contribution in [3.8, 4) is 0 Å². The van der Waals surface area contributed by atoms with E-state index in [1.54, 1.807) is 19.9 Å². The van der Waals surface area contributed by atoms with Crippen molar-refractivity contribution in [2.24, 2.45) is 10.9 Å². The molecular formula is C26H35F2NO6. The van der Waals surface area contributed by atoms with Gasteiger partial charge in [-0.15, -0.1) is 0 Å². The quantitative estimate of drug-likeness (QED) is 0.272. The van der Waals surface area contributed by atoms with E-state index in [2.05, 4.69) is 4.99 Å². The minimum Gasteiger partial charge on any atom is -0.462 e. The molecule has 0 bridgehead atoms. The second kappa shape index (κ2) is 14.7. The van der Waals surface area contributed by atoms with Crippen LogP contribution in [0.2, 0.25) is 0 Å². The lowest BCUT2D eigenvalue weighted by Crippen LogP contribution is -2.35. The fraction of sp³-hybridized carbons (Fsp3) is 0.577. The van der Waals surface area contributed by atoms with Crippen LogP contribution in [0.4, 0.5) is 8.78 Å². The Hall–Kier alpha value is -2.65. The van der Waals surface area contributed by atoms with Gasteiger partial charge < -0.3 is 18.9 Å². The topological polar surface area (TPSA) is 83.4 Å². The molecule has 0 spiro atoms. The van der Waals surface area contributed by atoms with Gasteiger partial charge in [0.2, 0.25) is 0 Å². The van der Waals surface area contributed by atoms with Crippen LogP contribution >= 0.6 is 0 Å². The van der Waals surface area contributed by atoms with Gasteiger partial charge in [0.05, 0.1) is 24.8 Å². The first-order valence-corrected chi connectivity index (χ1v) is 12.0. The van der Waals surface area contributed by atoms with Crippen LogP contribution in [-0.2, 0) is 28.5 Å². The number of ether oxygens (including phenoxy) is 4. The van der Waals surface area contributed by atoms with Crippen LogP contribution in [0.3, 0.4) is 0 Å². The highest BCUT2D eigenvalue weighted by Crippen LogP contribution is 2.39. The number of nitrogens with zero attached hydrogens (tertiary/aromatic N) is 1. The molecule has 2 rings (SSSR count). The molecular weight excluding hydrogens is 460 g/mol. The highest BCUT2D eigenvalue weighted by molar-refractivity contribution is 6.17. The first-order valence-electron chi connectivity index (χ1n) is 12.0. The molecule has 7 nitrogen and oxygen atoms in total. The summed E-state index contributed by atoms with van der Waals surface area (Å²) in [6.45, 7) is 8.68. The van der Waals surface area contributed by atoms with E-state index in [4.69, 9.17) is 18.9 Å². The number of alkyl halides is 2. The van der Waals surface area contributed by atoms with E-state index in [0.29, 0.717) is 18.9 Å². The molecule has 0 radical (unpaired) electrons. The Balaban J connectivity index is 2.45. The van der Waals surface area contributed by atoms with Crippen molar-refractivity contribution >= 4 is 23.2 Å². The predicted octanol–water partition coefficient (Wildman–Crippen LogP) is 4.80. The number of dihydropyridines is 1. The Labute approximate surface area is 205 Å². The number of hydrogen-bond acceptors (Lipinski definition) is 7. The minimum atomic E-state index is -2.81. The summed E-state index contributed by atoms with van der Waals surface area (Å²) in [5.41, 5.74) is 0.383. The Morgan fingerprint density at radius 3 is 2.14 bits per heavy atom. The molecule has 0 saturated carbocycles. The molecule has 35 heavy (non-hydrogen) atoms. The third-order valence-corrected chi connectivity index (χ3v) is 5.38. The average Bonchev–Trinajstić information content (AvgIpc) is 2.83. The first kappa shape index (κ1) is 28.6. The molecule has 1 heterocycles. The minimum absolute atomic E-state index is 0.00348. The number of aliphatic imine (C=N–C) groups is 1. The van der Waals surface area contributed by atoms with Crippen LogP contribution in [0.25, 0.3) is 5.57 Å². The Morgan fingerprint density at radius 1 is 0.943 bits per heavy atom. The number of hydrogen-bond donors (Lipinski definition) is 0. The molecule has 0 aromatic heterocycles. The first-order chi connectivity index (χ1) is 16.8. The molecule has 2 unspecified atom stereocenters. The van der Waals surface area contributed by atoms with Crippen molar-refractivity contribution < 1.29 is 37.3 Å². The molecule has 1 aliphatic heterocycles. The number of halogens is 2. The van der Waals surface area contributed by atoms with E-state index in [1.165, 1.54) is 18.2 Å². The molecule has 0 fully saturated rings. The highest BCUT2D eigenvalue weighted by Gasteiger charge is 2.40. The van der Waals surface area contributed by atoms with Gasteiger partial charge in [-0.25, -0.2) is 13.6 Å². The fourth-order valence-electron chi connectivity index (χ4n) is 3.88. The summed E-state index contributed by atoms with van der Waals surface area (Å²) in [6.07, 6.45) is -1.16. The van der Waals surface area contributed by atoms with Crippen molar-refractivity contribution in [1.29, 1.82) is 0 Å². The summed E-state index contributed by atoms with van der Waals surface area (Å²) < 4.78 is 49.4. The van der Waals surface area contributed by atoms with Gasteiger partial charge >= 0.3 is 11.9 Å². The maximum absolute atomic E-state index is 14.0. The van der Waals surface area contributed by atoms with Crippen LogP contribution in [0, 0.1) is 5.92 Å². The van der Waals surface area contributed by atoms with E-state index in [1.807, 2.05) is 13.8 Å². The standard InChI is InChI=1S/C26H35F2NO6/c1-5-11-32-13-15-34-25(30)21-17(3)29-18(4)22(26(31)35-16-14-33-12-6-2)23(21)19-9-7-8-10-20(19)24(27)28/h7-10,17,22,24H,5-6,11-16H2,1-4H3. The van der Waals surface area contributed by atoms with Crippen LogP contribution in [-0.4, -0.2) is 63.3 Å². The highest BCUT2D eigenvalue weighted by atomic mass is 19.3. The smallest absolute Gasteiger partial charge is 0.336 e. The molecule has 0 amide bonds. The van der Waals surface area contributed by atoms with Gasteiger partial charge in [-0.05, 0) is 37.8 Å². The third kappa shape index (κ3) is 7.93. The molecule has 1 aromatic carbocycles. The average molecular weight is 496 g/mol. The lowest BCUT2D eigenvalue weighted by Gasteiger charge is -2.30. The molecule has 1 aromatic rings. The van der Waals surface area contributed by atoms with Crippen LogP contribution < -0.4 is 0 Å². The zero-order valence-electron chi connectivity index (χ0n) is 20.9. The number of benzene rings is 1. The number of esters is 2. The summed E-state index contributed by atoms with van der Waals surface area (Å²) >= 11 is 0. The Morgan fingerprint density at radius 2 is 1.54 bits per heavy atom. The number of carbonyl (C=O) groups is 2. The number of rotatable bonds is 14. The van der Waals surface area contributed by atoms with Crippen molar-refractivity contribution in [2.75, 3.05) is 39.6 Å². The van der Waals surface area contributed by atoms with E-state index in [0.717, 1.165) is 12.8 Å². The fourth-order valence-corrected chi connectivity index (χ4v) is 3.88. The zero-order chi connectivity index (χ0) is 25.8. The molecule has 2 atom stereocenters. The number of carbonyl (C=O) groups excluding carboxylic acids is 2. The van der Waals surface area contributed by atoms with E-state index < -0.39 is 30.3 Å². The van der Waals surface area contributed by atoms with Gasteiger partial charge in [-0.3, -0.25) is 9.79 Å². The van der Waals surface area contributed by atoms with Gasteiger partial charge in [0.1, 0.15) is 19.1 Å². The molecule has 0 aliphatic carbocycles. The van der Waals surface area contributed by atoms with Gasteiger partial charge in [-0.2, -0.15) is 0 Å². The van der Waals surface area contributed by atoms with Crippen LogP contribution in [0.5, 0.6) is 0 Å². The molecule has 0 N–H and O–H groups in total. The summed E-state index contributed by atoms with van der Waals surface area (Å²) in [6, 6.07) is 5.13. The van der Waals surface area contributed by atoms with Gasteiger partial charge in [0, 0.05) is 24.5 Å². The largest absolute Gasteiger partial charge is 0.462 e. The maximum Gasteiger partial charge on any atom is 0.336 e. The van der Waals surface area contributed by atoms with Crippen molar-refractivity contribution in [3.05, 3.63) is 41.0 Å². The molecule has 9 heteroatoms. The summed E-state index contributed by atoms with van der Waals surface area (Å²) in [4.78, 5) is 30.8. The van der Waals surface area contributed by atoms with Crippen molar-refractivity contribution in [2.45, 2.75) is 53.0 Å². The summed E-state index contributed by atoms with van der Waals surface area (Å²) in [7, 11) is 0. The maximum atomic E-state index is 14.0. The van der Waals surface area contributed by atoms with Gasteiger partial charge in [0.15, 0.2) is 0 Å². The second-order valence-corrected chi connectivity index (χ2v) is 8.12. The summed E-state index contributed by atoms with van der Waals surface area (Å²) in [5.74, 6) is -2.54. The van der Waals surface area contributed by atoms with Gasteiger partial charge in [-0.1, -0.05) is 38.1 Å². The van der Waals surface area contributed by atoms with E-state index in [-0.39, 0.29) is 48.7 Å². The normalized spacial score (nSPS) is 18.0. The summed E-state index contributed by atoms with van der Waals surface area (Å²) in [5, 5.41) is 0. The molecule has 1 aliphatic rings. The lowest BCUT2D eigenvalue weighted by atomic mass is 9.79. The zero-order valence-corrected chi connectivity index (χ0v) is 20.9. The third-order valence-electron chi connectivity index (χ3n) is 5.38. The van der Waals surface area contributed by atoms with E-state index in [9.17, 15) is 18.4 Å². The molecule has 0 saturated heterocycles. The lowest BCUT2D eigenvalue weighted by molar-refractivity contribution is -0.146. The van der Waals surface area contributed by atoms with Crippen molar-refractivity contribution in [1.82, 2.24) is 0 Å². The SMILES string of the molecule is CCCOCCOC(=O)C1=C(c2ccccc2C(F)F)C(C(=O)OCCOCCC)C(C)=NC1C. The Kier molecular flexibility index (Phi) is 12.0. The van der Waals surface area contributed by atoms with Crippen LogP contribution in [0.1, 0.15) is 58.1 Å².